The molecule has 1 aliphatic carbocycles. The van der Waals surface area contributed by atoms with Crippen LogP contribution in [0.3, 0.4) is 0 Å². The molecule has 0 unspecified atom stereocenters. The Morgan fingerprint density at radius 2 is 1.70 bits per heavy atom. The van der Waals surface area contributed by atoms with Gasteiger partial charge in [0.15, 0.2) is 0 Å². The maximum atomic E-state index is 13.9. The Labute approximate surface area is 252 Å². The molecule has 3 aliphatic rings. The van der Waals surface area contributed by atoms with E-state index in [9.17, 15) is 19.2 Å². The maximum absolute atomic E-state index is 13.9. The molecule has 0 spiro atoms. The van der Waals surface area contributed by atoms with Crippen molar-refractivity contribution < 1.29 is 28.7 Å². The Morgan fingerprint density at radius 1 is 0.907 bits per heavy atom. The molecule has 10 nitrogen and oxygen atoms in total. The maximum Gasteiger partial charge on any atom is 0.246 e. The van der Waals surface area contributed by atoms with Gasteiger partial charge in [-0.05, 0) is 68.4 Å². The van der Waals surface area contributed by atoms with Gasteiger partial charge in [-0.15, -0.1) is 0 Å². The Morgan fingerprint density at radius 3 is 2.47 bits per heavy atom. The molecule has 2 aromatic carbocycles. The van der Waals surface area contributed by atoms with Gasteiger partial charge in [0.25, 0.3) is 0 Å². The molecule has 43 heavy (non-hydrogen) atoms. The van der Waals surface area contributed by atoms with Gasteiger partial charge in [0, 0.05) is 25.4 Å². The monoisotopic (exact) mass is 590 g/mol. The lowest BCUT2D eigenvalue weighted by Crippen LogP contribution is -2.59. The number of carbonyl (C=O) groups is 4. The summed E-state index contributed by atoms with van der Waals surface area (Å²) in [5.74, 6) is -0.0216. The number of hydrogen-bond donors (Lipinski definition) is 3. The van der Waals surface area contributed by atoms with Crippen molar-refractivity contribution in [3.63, 3.8) is 0 Å². The van der Waals surface area contributed by atoms with E-state index in [1.165, 1.54) is 0 Å². The number of benzene rings is 2. The molecule has 3 N–H and O–H groups in total. The lowest BCUT2D eigenvalue weighted by molar-refractivity contribution is -0.139. The third-order valence-electron chi connectivity index (χ3n) is 8.40. The fourth-order valence-corrected chi connectivity index (χ4v) is 6.03. The number of hydrogen-bond acceptors (Lipinski definition) is 6. The van der Waals surface area contributed by atoms with E-state index in [2.05, 4.69) is 16.0 Å². The second-order valence-electron chi connectivity index (χ2n) is 11.6. The van der Waals surface area contributed by atoms with Gasteiger partial charge in [-0.3, -0.25) is 19.2 Å². The number of amides is 4. The molecule has 2 aromatic rings. The summed E-state index contributed by atoms with van der Waals surface area (Å²) in [5, 5.41) is 8.89. The molecule has 1 saturated carbocycles. The Balaban J connectivity index is 1.41. The average molecular weight is 591 g/mol. The van der Waals surface area contributed by atoms with Gasteiger partial charge in [-0.1, -0.05) is 43.2 Å². The topological polar surface area (TPSA) is 126 Å². The minimum Gasteiger partial charge on any atom is -0.494 e. The van der Waals surface area contributed by atoms with E-state index in [4.69, 9.17) is 9.47 Å². The van der Waals surface area contributed by atoms with Crippen molar-refractivity contribution in [2.45, 2.75) is 88.4 Å². The molecule has 2 bridgehead atoms. The van der Waals surface area contributed by atoms with Gasteiger partial charge in [0.1, 0.15) is 36.2 Å². The first-order valence-electron chi connectivity index (χ1n) is 15.6. The van der Waals surface area contributed by atoms with Crippen LogP contribution < -0.4 is 25.4 Å². The molecule has 230 valence electrons. The Bertz CT molecular complexity index is 1270. The van der Waals surface area contributed by atoms with E-state index in [1.54, 1.807) is 17.0 Å². The van der Waals surface area contributed by atoms with Gasteiger partial charge in [-0.2, -0.15) is 0 Å². The van der Waals surface area contributed by atoms with Crippen LogP contribution in [0.1, 0.15) is 63.4 Å². The van der Waals surface area contributed by atoms with E-state index < -0.39 is 29.9 Å². The quantitative estimate of drug-likeness (QED) is 0.475. The van der Waals surface area contributed by atoms with E-state index in [0.29, 0.717) is 56.8 Å². The first-order chi connectivity index (χ1) is 21.0. The smallest absolute Gasteiger partial charge is 0.246 e. The molecule has 2 heterocycles. The normalized spacial score (nSPS) is 24.1. The van der Waals surface area contributed by atoms with E-state index >= 15 is 0 Å². The zero-order valence-electron chi connectivity index (χ0n) is 24.6. The summed E-state index contributed by atoms with van der Waals surface area (Å²) in [6.07, 6.45) is 7.14. The highest BCUT2D eigenvalue weighted by atomic mass is 16.5. The standard InChI is InChI=1S/C33H42N4O6/c38-30-17-9-18-37(30)29-21-23-10-8-15-26(20-23)42-19-7-6-16-27(31(39)34-24-11-4-5-12-24)35-32(40)28(36-33(29)41)22-43-25-13-2-1-3-14-25/h1-3,8,10,13-15,20,24,27-29H,4-7,9,11-12,16-19,21-22H2,(H,34,39)(H,35,40)(H,36,41)/t27-,28-,29-/m0/s1. The molecule has 0 radical (unpaired) electrons. The largest absolute Gasteiger partial charge is 0.494 e. The predicted octanol–water partition coefficient (Wildman–Crippen LogP) is 2.89. The highest BCUT2D eigenvalue weighted by Gasteiger charge is 2.36. The number of nitrogens with one attached hydrogen (secondary N) is 3. The van der Waals surface area contributed by atoms with Crippen LogP contribution in [0.2, 0.25) is 0 Å². The summed E-state index contributed by atoms with van der Waals surface area (Å²) in [4.78, 5) is 55.4. The summed E-state index contributed by atoms with van der Waals surface area (Å²) in [7, 11) is 0. The summed E-state index contributed by atoms with van der Waals surface area (Å²) in [5.41, 5.74) is 0.856. The summed E-state index contributed by atoms with van der Waals surface area (Å²) >= 11 is 0. The van der Waals surface area contributed by atoms with Crippen molar-refractivity contribution >= 4 is 23.6 Å². The fourth-order valence-electron chi connectivity index (χ4n) is 6.03. The fraction of sp³-hybridized carbons (Fsp3) is 0.515. The number of fused-ring (bicyclic) bond motifs is 2. The zero-order chi connectivity index (χ0) is 30.0. The second kappa shape index (κ2) is 14.9. The first-order valence-corrected chi connectivity index (χ1v) is 15.6. The average Bonchev–Trinajstić information content (AvgIpc) is 3.69. The van der Waals surface area contributed by atoms with Crippen molar-refractivity contribution in [3.8, 4) is 11.5 Å². The lowest BCUT2D eigenvalue weighted by atomic mass is 10.0. The van der Waals surface area contributed by atoms with Crippen LogP contribution in [0.15, 0.2) is 54.6 Å². The SMILES string of the molecule is O=C(NC1CCCC1)[C@@H]1CCCCOc2cccc(c2)C[C@H](N2CCCC2=O)C(=O)N[C@@H](COc2ccccc2)C(=O)N1. The van der Waals surface area contributed by atoms with Crippen LogP contribution in [0.4, 0.5) is 0 Å². The number of nitrogens with zero attached hydrogens (tertiary/aromatic N) is 1. The predicted molar refractivity (Wildman–Crippen MR) is 160 cm³/mol. The molecular formula is C33H42N4O6. The molecule has 2 fully saturated rings. The molecule has 3 atom stereocenters. The van der Waals surface area contributed by atoms with Crippen LogP contribution in [-0.2, 0) is 25.6 Å². The van der Waals surface area contributed by atoms with Gasteiger partial charge < -0.3 is 30.3 Å². The molecule has 5 rings (SSSR count). The summed E-state index contributed by atoms with van der Waals surface area (Å²) < 4.78 is 11.9. The molecule has 2 aliphatic heterocycles. The number of ether oxygens (including phenoxy) is 2. The highest BCUT2D eigenvalue weighted by molar-refractivity contribution is 5.94. The number of likely N-dealkylation sites (tertiary alicyclic amines) is 1. The molecular weight excluding hydrogens is 548 g/mol. The van der Waals surface area contributed by atoms with Crippen molar-refractivity contribution in [2.24, 2.45) is 0 Å². The van der Waals surface area contributed by atoms with Crippen molar-refractivity contribution in [3.05, 3.63) is 60.2 Å². The third kappa shape index (κ3) is 8.49. The van der Waals surface area contributed by atoms with Gasteiger partial charge in [-0.25, -0.2) is 0 Å². The Kier molecular flexibility index (Phi) is 10.5. The first kappa shape index (κ1) is 30.4. The molecule has 10 heteroatoms. The van der Waals surface area contributed by atoms with E-state index in [1.807, 2.05) is 42.5 Å². The van der Waals surface area contributed by atoms with E-state index in [-0.39, 0.29) is 30.9 Å². The number of para-hydroxylation sites is 1. The van der Waals surface area contributed by atoms with Crippen molar-refractivity contribution in [1.29, 1.82) is 0 Å². The zero-order valence-corrected chi connectivity index (χ0v) is 24.6. The second-order valence-corrected chi connectivity index (χ2v) is 11.6. The van der Waals surface area contributed by atoms with Crippen LogP contribution in [0, 0.1) is 0 Å². The van der Waals surface area contributed by atoms with Gasteiger partial charge in [0.05, 0.1) is 6.61 Å². The van der Waals surface area contributed by atoms with Crippen LogP contribution >= 0.6 is 0 Å². The lowest BCUT2D eigenvalue weighted by Gasteiger charge is -2.30. The third-order valence-corrected chi connectivity index (χ3v) is 8.40. The summed E-state index contributed by atoms with van der Waals surface area (Å²) in [6.45, 7) is 0.785. The van der Waals surface area contributed by atoms with Crippen LogP contribution in [-0.4, -0.2) is 72.5 Å². The highest BCUT2D eigenvalue weighted by Crippen LogP contribution is 2.22. The summed E-state index contributed by atoms with van der Waals surface area (Å²) in [6, 6.07) is 14.0. The number of carbonyl (C=O) groups excluding carboxylic acids is 4. The van der Waals surface area contributed by atoms with Crippen molar-refractivity contribution in [2.75, 3.05) is 19.8 Å². The minimum absolute atomic E-state index is 0.0906. The van der Waals surface area contributed by atoms with Crippen LogP contribution in [0.25, 0.3) is 0 Å². The molecule has 4 amide bonds. The van der Waals surface area contributed by atoms with Crippen LogP contribution in [0.5, 0.6) is 11.5 Å². The molecule has 1 saturated heterocycles. The Hall–Kier alpha value is -4.08. The van der Waals surface area contributed by atoms with Crippen molar-refractivity contribution in [1.82, 2.24) is 20.9 Å². The van der Waals surface area contributed by atoms with E-state index in [0.717, 1.165) is 31.2 Å². The van der Waals surface area contributed by atoms with Gasteiger partial charge >= 0.3 is 0 Å². The minimum atomic E-state index is -1.09. The number of rotatable bonds is 6. The van der Waals surface area contributed by atoms with Gasteiger partial charge in [0.2, 0.25) is 23.6 Å². The molecule has 0 aromatic heterocycles.